The number of aromatic nitrogens is 2. The van der Waals surface area contributed by atoms with Crippen molar-refractivity contribution in [1.82, 2.24) is 19.3 Å². The molecule has 2 aromatic carbocycles. The Labute approximate surface area is 185 Å². The van der Waals surface area contributed by atoms with Gasteiger partial charge >= 0.3 is 0 Å². The van der Waals surface area contributed by atoms with E-state index in [9.17, 15) is 12.8 Å². The predicted molar refractivity (Wildman–Crippen MR) is 112 cm³/mol. The van der Waals surface area contributed by atoms with E-state index in [0.29, 0.717) is 37.1 Å². The second-order valence-corrected chi connectivity index (χ2v) is 9.09. The molecule has 1 fully saturated rings. The van der Waals surface area contributed by atoms with Crippen LogP contribution in [-0.2, 0) is 23.2 Å². The van der Waals surface area contributed by atoms with E-state index in [0.717, 1.165) is 11.8 Å². The zero-order valence-corrected chi connectivity index (χ0v) is 18.3. The van der Waals surface area contributed by atoms with Crippen molar-refractivity contribution in [2.45, 2.75) is 18.0 Å². The van der Waals surface area contributed by atoms with Crippen molar-refractivity contribution in [1.29, 1.82) is 0 Å². The molecule has 3 aromatic rings. The molecule has 0 aliphatic carbocycles. The Balaban J connectivity index is 1.28. The third kappa shape index (κ3) is 5.06. The maximum absolute atomic E-state index is 14.0. The van der Waals surface area contributed by atoms with E-state index in [1.165, 1.54) is 22.5 Å². The molecule has 0 atom stereocenters. The van der Waals surface area contributed by atoms with Gasteiger partial charge in [-0.3, -0.25) is 4.90 Å². The van der Waals surface area contributed by atoms with E-state index in [-0.39, 0.29) is 24.6 Å². The summed E-state index contributed by atoms with van der Waals surface area (Å²) in [5.74, 6) is 1.48. The van der Waals surface area contributed by atoms with Crippen molar-refractivity contribution in [3.63, 3.8) is 0 Å². The van der Waals surface area contributed by atoms with Gasteiger partial charge in [-0.05, 0) is 36.4 Å². The van der Waals surface area contributed by atoms with Gasteiger partial charge in [-0.15, -0.1) is 0 Å². The molecule has 2 heterocycles. The van der Waals surface area contributed by atoms with Crippen LogP contribution in [0.1, 0.15) is 11.7 Å². The molecule has 0 saturated carbocycles. The number of sulfonamides is 1. The highest BCUT2D eigenvalue weighted by Gasteiger charge is 2.30. The van der Waals surface area contributed by atoms with E-state index >= 15 is 0 Å². The number of ether oxygens (including phenoxy) is 2. The molecular weight excluding hydrogens is 439 g/mol. The van der Waals surface area contributed by atoms with Crippen LogP contribution in [0.2, 0.25) is 0 Å². The van der Waals surface area contributed by atoms with Crippen molar-refractivity contribution in [3.8, 4) is 11.5 Å². The summed E-state index contributed by atoms with van der Waals surface area (Å²) in [4.78, 5) is 6.04. The summed E-state index contributed by atoms with van der Waals surface area (Å²) in [5.41, 5.74) is 0. The number of nitrogens with zero attached hydrogens (tertiary/aromatic N) is 4. The van der Waals surface area contributed by atoms with Crippen LogP contribution in [0.25, 0.3) is 0 Å². The first-order valence-electron chi connectivity index (χ1n) is 10.0. The van der Waals surface area contributed by atoms with Crippen LogP contribution in [0.15, 0.2) is 57.9 Å². The Morgan fingerprint density at radius 1 is 1.03 bits per heavy atom. The average Bonchev–Trinajstić information content (AvgIpc) is 3.26. The lowest BCUT2D eigenvalue weighted by Gasteiger charge is -2.33. The van der Waals surface area contributed by atoms with Crippen molar-refractivity contribution < 1.29 is 26.8 Å². The highest BCUT2D eigenvalue weighted by molar-refractivity contribution is 7.89. The second-order valence-electron chi connectivity index (χ2n) is 7.18. The lowest BCUT2D eigenvalue weighted by Crippen LogP contribution is -2.48. The van der Waals surface area contributed by atoms with Crippen molar-refractivity contribution in [2.24, 2.45) is 0 Å². The standard InChI is InChI=1S/C21H23FN4O5S/c1-29-16-6-8-17(9-7-16)30-15-20-23-21(31-24-20)14-25-10-12-26(13-11-25)32(27,28)19-5-3-2-4-18(19)22/h2-9H,10-15H2,1H3. The van der Waals surface area contributed by atoms with E-state index in [4.69, 9.17) is 14.0 Å². The van der Waals surface area contributed by atoms with Gasteiger partial charge in [0.1, 0.15) is 22.2 Å². The molecule has 170 valence electrons. The molecule has 0 unspecified atom stereocenters. The number of benzene rings is 2. The Morgan fingerprint density at radius 2 is 1.72 bits per heavy atom. The van der Waals surface area contributed by atoms with E-state index in [2.05, 4.69) is 10.1 Å². The van der Waals surface area contributed by atoms with Crippen LogP contribution < -0.4 is 9.47 Å². The van der Waals surface area contributed by atoms with Crippen LogP contribution >= 0.6 is 0 Å². The molecule has 0 N–H and O–H groups in total. The summed E-state index contributed by atoms with van der Waals surface area (Å²) in [7, 11) is -2.27. The van der Waals surface area contributed by atoms with Gasteiger partial charge in [-0.1, -0.05) is 17.3 Å². The summed E-state index contributed by atoms with van der Waals surface area (Å²) < 4.78 is 56.7. The van der Waals surface area contributed by atoms with E-state index < -0.39 is 15.8 Å². The highest BCUT2D eigenvalue weighted by Crippen LogP contribution is 2.21. The lowest BCUT2D eigenvalue weighted by molar-refractivity contribution is 0.163. The fourth-order valence-electron chi connectivity index (χ4n) is 3.35. The monoisotopic (exact) mass is 462 g/mol. The van der Waals surface area contributed by atoms with Crippen molar-refractivity contribution >= 4 is 10.0 Å². The SMILES string of the molecule is COc1ccc(OCc2noc(CN3CCN(S(=O)(=O)c4ccccc4F)CC3)n2)cc1. The normalized spacial score (nSPS) is 15.6. The largest absolute Gasteiger partial charge is 0.497 e. The topological polar surface area (TPSA) is 98.0 Å². The minimum Gasteiger partial charge on any atom is -0.497 e. The minimum atomic E-state index is -3.87. The molecular formula is C21H23FN4O5S. The molecule has 4 rings (SSSR count). The zero-order chi connectivity index (χ0) is 22.6. The van der Waals surface area contributed by atoms with Gasteiger partial charge < -0.3 is 14.0 Å². The third-order valence-corrected chi connectivity index (χ3v) is 7.01. The van der Waals surface area contributed by atoms with Gasteiger partial charge in [-0.25, -0.2) is 12.8 Å². The predicted octanol–water partition coefficient (Wildman–Crippen LogP) is 2.30. The molecule has 0 amide bonds. The number of rotatable bonds is 8. The smallest absolute Gasteiger partial charge is 0.246 e. The summed E-state index contributed by atoms with van der Waals surface area (Å²) in [6.45, 7) is 1.98. The summed E-state index contributed by atoms with van der Waals surface area (Å²) in [5, 5.41) is 3.92. The summed E-state index contributed by atoms with van der Waals surface area (Å²) in [6.07, 6.45) is 0. The number of piperazine rings is 1. The van der Waals surface area contributed by atoms with Gasteiger partial charge in [0.15, 0.2) is 6.61 Å². The van der Waals surface area contributed by atoms with Crippen molar-refractivity contribution in [3.05, 3.63) is 66.1 Å². The Hall–Kier alpha value is -3.02. The van der Waals surface area contributed by atoms with Crippen LogP contribution in [0.4, 0.5) is 4.39 Å². The van der Waals surface area contributed by atoms with Gasteiger partial charge in [0.05, 0.1) is 13.7 Å². The van der Waals surface area contributed by atoms with Crippen LogP contribution in [0.3, 0.4) is 0 Å². The second kappa shape index (κ2) is 9.63. The molecule has 1 saturated heterocycles. The third-order valence-electron chi connectivity index (χ3n) is 5.08. The maximum atomic E-state index is 14.0. The zero-order valence-electron chi connectivity index (χ0n) is 17.5. The van der Waals surface area contributed by atoms with Crippen LogP contribution in [0, 0.1) is 5.82 Å². The molecule has 0 bridgehead atoms. The molecule has 1 aliphatic heterocycles. The molecule has 1 aromatic heterocycles. The molecule has 32 heavy (non-hydrogen) atoms. The molecule has 9 nitrogen and oxygen atoms in total. The first-order chi connectivity index (χ1) is 15.5. The fraction of sp³-hybridized carbons (Fsp3) is 0.333. The van der Waals surface area contributed by atoms with E-state index in [1.807, 2.05) is 4.90 Å². The first kappa shape index (κ1) is 22.2. The van der Waals surface area contributed by atoms with Gasteiger partial charge in [-0.2, -0.15) is 9.29 Å². The van der Waals surface area contributed by atoms with Gasteiger partial charge in [0.2, 0.25) is 21.7 Å². The molecule has 11 heteroatoms. The molecule has 0 radical (unpaired) electrons. The highest BCUT2D eigenvalue weighted by atomic mass is 32.2. The molecule has 1 aliphatic rings. The summed E-state index contributed by atoms with van der Waals surface area (Å²) >= 11 is 0. The number of halogens is 1. The van der Waals surface area contributed by atoms with Gasteiger partial charge in [0.25, 0.3) is 0 Å². The van der Waals surface area contributed by atoms with E-state index in [1.54, 1.807) is 31.4 Å². The lowest BCUT2D eigenvalue weighted by atomic mass is 10.3. The summed E-state index contributed by atoms with van der Waals surface area (Å²) in [6, 6.07) is 12.6. The maximum Gasteiger partial charge on any atom is 0.246 e. The van der Waals surface area contributed by atoms with Crippen LogP contribution in [0.5, 0.6) is 11.5 Å². The Bertz CT molecular complexity index is 1150. The van der Waals surface area contributed by atoms with Crippen LogP contribution in [-0.4, -0.2) is 61.1 Å². The first-order valence-corrected chi connectivity index (χ1v) is 11.4. The minimum absolute atomic E-state index is 0.157. The number of hydrogen-bond acceptors (Lipinski definition) is 8. The fourth-order valence-corrected chi connectivity index (χ4v) is 4.83. The number of methoxy groups -OCH3 is 1. The Kier molecular flexibility index (Phi) is 6.68. The number of hydrogen-bond donors (Lipinski definition) is 0. The average molecular weight is 463 g/mol. The van der Waals surface area contributed by atoms with Crippen molar-refractivity contribution in [2.75, 3.05) is 33.3 Å². The quantitative estimate of drug-likeness (QED) is 0.503. The Morgan fingerprint density at radius 3 is 2.41 bits per heavy atom. The van der Waals surface area contributed by atoms with Gasteiger partial charge in [0, 0.05) is 26.2 Å². The molecule has 0 spiro atoms.